The first-order valence-electron chi connectivity index (χ1n) is 5.49. The van der Waals surface area contributed by atoms with Crippen molar-refractivity contribution in [3.05, 3.63) is 35.4 Å². The van der Waals surface area contributed by atoms with Crippen LogP contribution in [-0.2, 0) is 16.1 Å². The molecule has 1 atom stereocenters. The topological polar surface area (TPSA) is 38.3 Å². The number of nitrogens with one attached hydrogen (secondary N) is 1. The van der Waals surface area contributed by atoms with Gasteiger partial charge in [0.1, 0.15) is 0 Å². The van der Waals surface area contributed by atoms with Crippen molar-refractivity contribution in [2.75, 3.05) is 0 Å². The minimum absolute atomic E-state index is 0.0579. The van der Waals surface area contributed by atoms with Crippen LogP contribution in [0.25, 0.3) is 0 Å². The molecule has 0 bridgehead atoms. The van der Waals surface area contributed by atoms with Crippen LogP contribution in [-0.4, -0.2) is 11.4 Å². The van der Waals surface area contributed by atoms with Crippen molar-refractivity contribution in [3.8, 4) is 0 Å². The molecule has 3 nitrogen and oxygen atoms in total. The smallest absolute Gasteiger partial charge is 0.254 e. The molecule has 1 unspecified atom stereocenters. The van der Waals surface area contributed by atoms with Crippen LogP contribution in [0.5, 0.6) is 0 Å². The van der Waals surface area contributed by atoms with Crippen LogP contribution in [0.1, 0.15) is 38.0 Å². The Hall–Kier alpha value is -1.35. The van der Waals surface area contributed by atoms with Crippen molar-refractivity contribution in [2.24, 2.45) is 0 Å². The molecule has 1 aliphatic heterocycles. The van der Waals surface area contributed by atoms with Gasteiger partial charge in [0.05, 0.1) is 6.61 Å². The Kier molecular flexibility index (Phi) is 2.72. The normalized spacial score (nSPS) is 19.3. The zero-order chi connectivity index (χ0) is 11.8. The summed E-state index contributed by atoms with van der Waals surface area (Å²) in [5.41, 5.74) is 1.87. The average molecular weight is 219 g/mol. The lowest BCUT2D eigenvalue weighted by molar-refractivity contribution is -0.133. The number of amides is 1. The molecule has 0 aromatic heterocycles. The summed E-state index contributed by atoms with van der Waals surface area (Å²) in [6.45, 7) is 6.42. The molecule has 1 N–H and O–H groups in total. The van der Waals surface area contributed by atoms with Gasteiger partial charge in [-0.15, -0.1) is 0 Å². The summed E-state index contributed by atoms with van der Waals surface area (Å²) in [5.74, 6) is -0.0579. The Bertz CT molecular complexity index is 407. The van der Waals surface area contributed by atoms with Gasteiger partial charge < -0.3 is 10.1 Å². The fraction of sp³-hybridized carbons (Fsp3) is 0.462. The molecular formula is C13H17NO2. The van der Waals surface area contributed by atoms with E-state index in [2.05, 4.69) is 5.32 Å². The third kappa shape index (κ3) is 2.25. The first-order valence-corrected chi connectivity index (χ1v) is 5.49. The molecule has 1 aromatic rings. The molecule has 3 heteroatoms. The van der Waals surface area contributed by atoms with Crippen molar-refractivity contribution in [1.29, 1.82) is 0 Å². The lowest BCUT2D eigenvalue weighted by Gasteiger charge is -2.23. The molecule has 1 aromatic carbocycles. The second kappa shape index (κ2) is 3.91. The van der Waals surface area contributed by atoms with Crippen LogP contribution in [0.3, 0.4) is 0 Å². The Morgan fingerprint density at radius 3 is 2.75 bits per heavy atom. The number of hydrogen-bond donors (Lipinski definition) is 1. The van der Waals surface area contributed by atoms with E-state index in [1.54, 1.807) is 0 Å². The van der Waals surface area contributed by atoms with Gasteiger partial charge in [-0.1, -0.05) is 24.3 Å². The Labute approximate surface area is 95.8 Å². The fourth-order valence-electron chi connectivity index (χ4n) is 1.84. The number of carbonyl (C=O) groups excluding carboxylic acids is 1. The zero-order valence-corrected chi connectivity index (χ0v) is 9.91. The van der Waals surface area contributed by atoms with Crippen molar-refractivity contribution in [1.82, 2.24) is 5.32 Å². The second-order valence-electron chi connectivity index (χ2n) is 5.13. The van der Waals surface area contributed by atoms with Crippen LogP contribution in [0, 0.1) is 0 Å². The van der Waals surface area contributed by atoms with Gasteiger partial charge in [-0.3, -0.25) is 4.79 Å². The average Bonchev–Trinajstić information content (AvgIpc) is 2.58. The van der Waals surface area contributed by atoms with Crippen LogP contribution in [0.2, 0.25) is 0 Å². The predicted molar refractivity (Wildman–Crippen MR) is 61.9 cm³/mol. The minimum Gasteiger partial charge on any atom is -0.359 e. The molecule has 0 aliphatic carbocycles. The van der Waals surface area contributed by atoms with Crippen LogP contribution in [0.15, 0.2) is 24.3 Å². The molecule has 1 amide bonds. The lowest BCUT2D eigenvalue weighted by atomic mass is 10.0. The highest BCUT2D eigenvalue weighted by molar-refractivity contribution is 5.83. The molecular weight excluding hydrogens is 202 g/mol. The first-order chi connectivity index (χ1) is 7.47. The molecule has 86 valence electrons. The van der Waals surface area contributed by atoms with Crippen molar-refractivity contribution >= 4 is 5.91 Å². The molecule has 0 spiro atoms. The monoisotopic (exact) mass is 219 g/mol. The first kappa shape index (κ1) is 11.1. The molecule has 0 radical (unpaired) electrons. The third-order valence-corrected chi connectivity index (χ3v) is 2.48. The highest BCUT2D eigenvalue weighted by Gasteiger charge is 2.30. The van der Waals surface area contributed by atoms with Crippen LogP contribution < -0.4 is 5.32 Å². The van der Waals surface area contributed by atoms with Gasteiger partial charge in [0.2, 0.25) is 0 Å². The summed E-state index contributed by atoms with van der Waals surface area (Å²) in [5, 5.41) is 2.94. The Morgan fingerprint density at radius 1 is 1.38 bits per heavy atom. The molecule has 16 heavy (non-hydrogen) atoms. The van der Waals surface area contributed by atoms with Gasteiger partial charge in [0.25, 0.3) is 5.91 Å². The summed E-state index contributed by atoms with van der Waals surface area (Å²) in [6.07, 6.45) is -0.449. The third-order valence-electron chi connectivity index (χ3n) is 2.48. The second-order valence-corrected chi connectivity index (χ2v) is 5.13. The highest BCUT2D eigenvalue weighted by Crippen LogP contribution is 2.30. The number of benzene rings is 1. The quantitative estimate of drug-likeness (QED) is 0.786. The number of hydrogen-bond acceptors (Lipinski definition) is 2. The largest absolute Gasteiger partial charge is 0.359 e. The molecule has 0 saturated carbocycles. The van der Waals surface area contributed by atoms with E-state index in [1.165, 1.54) is 0 Å². The number of fused-ring (bicyclic) bond motifs is 1. The SMILES string of the molecule is CC(C)(C)NC(=O)C1OCc2ccccc21. The molecule has 2 rings (SSSR count). The molecule has 1 heterocycles. The molecule has 0 saturated heterocycles. The van der Waals surface area contributed by atoms with E-state index in [4.69, 9.17) is 4.74 Å². The van der Waals surface area contributed by atoms with Gasteiger partial charge in [0.15, 0.2) is 6.10 Å². The van der Waals surface area contributed by atoms with E-state index >= 15 is 0 Å². The summed E-state index contributed by atoms with van der Waals surface area (Å²) in [7, 11) is 0. The maximum atomic E-state index is 12.0. The van der Waals surface area contributed by atoms with Crippen molar-refractivity contribution in [3.63, 3.8) is 0 Å². The zero-order valence-electron chi connectivity index (χ0n) is 9.91. The highest BCUT2D eigenvalue weighted by atomic mass is 16.5. The van der Waals surface area contributed by atoms with Gasteiger partial charge in [-0.25, -0.2) is 0 Å². The Balaban J connectivity index is 2.16. The van der Waals surface area contributed by atoms with E-state index in [0.717, 1.165) is 11.1 Å². The van der Waals surface area contributed by atoms with E-state index in [0.29, 0.717) is 6.61 Å². The molecule has 1 aliphatic rings. The van der Waals surface area contributed by atoms with Crippen LogP contribution >= 0.6 is 0 Å². The van der Waals surface area contributed by atoms with Gasteiger partial charge in [0, 0.05) is 5.54 Å². The summed E-state index contributed by atoms with van der Waals surface area (Å²) in [6, 6.07) is 7.85. The molecule has 0 fully saturated rings. The van der Waals surface area contributed by atoms with E-state index in [1.807, 2.05) is 45.0 Å². The summed E-state index contributed by atoms with van der Waals surface area (Å²) < 4.78 is 5.52. The fourth-order valence-corrected chi connectivity index (χ4v) is 1.84. The standard InChI is InChI=1S/C13H17NO2/c1-13(2,3)14-12(15)11-10-7-5-4-6-9(10)8-16-11/h4-7,11H,8H2,1-3H3,(H,14,15). The van der Waals surface area contributed by atoms with E-state index in [-0.39, 0.29) is 11.4 Å². The maximum absolute atomic E-state index is 12.0. The number of rotatable bonds is 1. The maximum Gasteiger partial charge on any atom is 0.254 e. The van der Waals surface area contributed by atoms with Crippen molar-refractivity contribution in [2.45, 2.75) is 39.0 Å². The number of carbonyl (C=O) groups is 1. The summed E-state index contributed by atoms with van der Waals surface area (Å²) in [4.78, 5) is 12.0. The van der Waals surface area contributed by atoms with Crippen LogP contribution in [0.4, 0.5) is 0 Å². The lowest BCUT2D eigenvalue weighted by Crippen LogP contribution is -2.43. The van der Waals surface area contributed by atoms with E-state index in [9.17, 15) is 4.79 Å². The summed E-state index contributed by atoms with van der Waals surface area (Å²) >= 11 is 0. The van der Waals surface area contributed by atoms with Gasteiger partial charge >= 0.3 is 0 Å². The Morgan fingerprint density at radius 2 is 2.06 bits per heavy atom. The number of ether oxygens (including phenoxy) is 1. The van der Waals surface area contributed by atoms with Crippen molar-refractivity contribution < 1.29 is 9.53 Å². The minimum atomic E-state index is -0.449. The van der Waals surface area contributed by atoms with Gasteiger partial charge in [-0.2, -0.15) is 0 Å². The predicted octanol–water partition coefficient (Wildman–Crippen LogP) is 2.17. The van der Waals surface area contributed by atoms with E-state index < -0.39 is 6.10 Å². The van der Waals surface area contributed by atoms with Gasteiger partial charge in [-0.05, 0) is 31.9 Å².